The monoisotopic (exact) mass is 316 g/mol. The van der Waals surface area contributed by atoms with Crippen LogP contribution in [-0.2, 0) is 19.6 Å². The number of carboxylic acids is 1. The van der Waals surface area contributed by atoms with Gasteiger partial charge in [-0.3, -0.25) is 20.0 Å². The van der Waals surface area contributed by atoms with Gasteiger partial charge in [-0.25, -0.2) is 13.2 Å². The number of carbonyl (C=O) groups is 3. The largest absolute Gasteiger partial charge is 0.478 e. The summed E-state index contributed by atoms with van der Waals surface area (Å²) in [6, 6.07) is 0. The van der Waals surface area contributed by atoms with Gasteiger partial charge in [-0.05, 0) is 13.8 Å². The quantitative estimate of drug-likeness (QED) is 0.576. The molecule has 0 saturated carbocycles. The first-order valence-corrected chi connectivity index (χ1v) is 7.16. The first-order valence-electron chi connectivity index (χ1n) is 5.72. The Kier molecular flexibility index (Phi) is 3.34. The smallest absolute Gasteiger partial charge is 0.340 e. The van der Waals surface area contributed by atoms with Gasteiger partial charge in [0.05, 0.1) is 12.7 Å². The van der Waals surface area contributed by atoms with Gasteiger partial charge in [-0.15, -0.1) is 0 Å². The Morgan fingerprint density at radius 2 is 2.05 bits per heavy atom. The second-order valence-electron chi connectivity index (χ2n) is 4.87. The molecule has 0 aromatic carbocycles. The molecule has 2 heterocycles. The van der Waals surface area contributed by atoms with Gasteiger partial charge in [0.15, 0.2) is 5.03 Å². The Morgan fingerprint density at radius 3 is 2.62 bits per heavy atom. The average Bonchev–Trinajstić information content (AvgIpc) is 2.83. The summed E-state index contributed by atoms with van der Waals surface area (Å²) >= 11 is 0. The molecule has 0 radical (unpaired) electrons. The van der Waals surface area contributed by atoms with Crippen LogP contribution in [0.5, 0.6) is 0 Å². The van der Waals surface area contributed by atoms with Crippen LogP contribution in [0, 0.1) is 0 Å². The molecule has 21 heavy (non-hydrogen) atoms. The number of rotatable bonds is 3. The minimum absolute atomic E-state index is 0.566. The normalized spacial score (nSPS) is 19.3. The summed E-state index contributed by atoms with van der Waals surface area (Å²) in [7, 11) is -4.42. The van der Waals surface area contributed by atoms with Crippen LogP contribution < -0.4 is 5.32 Å². The zero-order valence-electron chi connectivity index (χ0n) is 11.1. The lowest BCUT2D eigenvalue weighted by molar-refractivity contribution is -0.141. The number of imide groups is 1. The van der Waals surface area contributed by atoms with Gasteiger partial charge in [0.25, 0.3) is 10.0 Å². The van der Waals surface area contributed by atoms with E-state index in [0.717, 1.165) is 6.20 Å². The summed E-state index contributed by atoms with van der Waals surface area (Å²) in [5.74, 6) is -3.08. The van der Waals surface area contributed by atoms with Crippen LogP contribution >= 0.6 is 0 Å². The van der Waals surface area contributed by atoms with Gasteiger partial charge in [-0.1, -0.05) is 0 Å². The minimum atomic E-state index is -4.42. The molecule has 1 aliphatic rings. The van der Waals surface area contributed by atoms with Crippen molar-refractivity contribution in [3.05, 3.63) is 11.8 Å². The molecular formula is C10H12N4O6S. The SMILES string of the molecule is CC1(C)C(=O)NC(=O)CN1S(=O)(=O)c1[nH]ncc1C(=O)O. The van der Waals surface area contributed by atoms with Crippen LogP contribution in [0.2, 0.25) is 0 Å². The molecule has 114 valence electrons. The Morgan fingerprint density at radius 1 is 1.43 bits per heavy atom. The van der Waals surface area contributed by atoms with Gasteiger partial charge in [0, 0.05) is 0 Å². The van der Waals surface area contributed by atoms with Gasteiger partial charge in [0.2, 0.25) is 11.8 Å². The predicted molar refractivity (Wildman–Crippen MR) is 66.7 cm³/mol. The van der Waals surface area contributed by atoms with E-state index < -0.39 is 50.5 Å². The highest BCUT2D eigenvalue weighted by Crippen LogP contribution is 2.27. The van der Waals surface area contributed by atoms with Crippen molar-refractivity contribution in [1.29, 1.82) is 0 Å². The zero-order valence-corrected chi connectivity index (χ0v) is 11.9. The third-order valence-electron chi connectivity index (χ3n) is 3.10. The summed E-state index contributed by atoms with van der Waals surface area (Å²) in [6.07, 6.45) is 0.841. The number of sulfonamides is 1. The molecule has 10 nitrogen and oxygen atoms in total. The van der Waals surface area contributed by atoms with E-state index in [9.17, 15) is 22.8 Å². The standard InChI is InChI=1S/C10H12N4O6S/c1-10(2)9(18)12-6(15)4-14(10)21(19,20)7-5(8(16)17)3-11-13-7/h3H,4H2,1-2H3,(H,11,13)(H,16,17)(H,12,15,18). The first kappa shape index (κ1) is 15.1. The van der Waals surface area contributed by atoms with Crippen molar-refractivity contribution in [3.8, 4) is 0 Å². The summed E-state index contributed by atoms with van der Waals surface area (Å²) in [5.41, 5.74) is -2.11. The van der Waals surface area contributed by atoms with Crippen LogP contribution in [0.25, 0.3) is 0 Å². The molecule has 1 fully saturated rings. The highest BCUT2D eigenvalue weighted by molar-refractivity contribution is 7.89. The molecule has 0 atom stereocenters. The number of carbonyl (C=O) groups excluding carboxylic acids is 2. The maximum atomic E-state index is 12.5. The molecular weight excluding hydrogens is 304 g/mol. The van der Waals surface area contributed by atoms with Crippen LogP contribution in [-0.4, -0.2) is 57.9 Å². The highest BCUT2D eigenvalue weighted by Gasteiger charge is 2.49. The van der Waals surface area contributed by atoms with E-state index in [4.69, 9.17) is 5.11 Å². The van der Waals surface area contributed by atoms with E-state index in [-0.39, 0.29) is 0 Å². The predicted octanol–water partition coefficient (Wildman–Crippen LogP) is -1.47. The molecule has 1 aromatic rings. The summed E-state index contributed by atoms with van der Waals surface area (Å²) < 4.78 is 25.7. The van der Waals surface area contributed by atoms with Crippen LogP contribution in [0.4, 0.5) is 0 Å². The Balaban J connectivity index is 2.57. The molecule has 0 spiro atoms. The molecule has 1 saturated heterocycles. The zero-order chi connectivity index (χ0) is 16.0. The van der Waals surface area contributed by atoms with Gasteiger partial charge < -0.3 is 5.11 Å². The Labute approximate surface area is 119 Å². The highest BCUT2D eigenvalue weighted by atomic mass is 32.2. The average molecular weight is 316 g/mol. The van der Waals surface area contributed by atoms with Crippen LogP contribution in [0.3, 0.4) is 0 Å². The molecule has 2 rings (SSSR count). The van der Waals surface area contributed by atoms with Gasteiger partial charge >= 0.3 is 5.97 Å². The Hall–Kier alpha value is -2.27. The van der Waals surface area contributed by atoms with E-state index in [1.165, 1.54) is 13.8 Å². The number of aromatic amines is 1. The van der Waals surface area contributed by atoms with E-state index in [2.05, 4.69) is 10.2 Å². The fourth-order valence-corrected chi connectivity index (χ4v) is 3.66. The third-order valence-corrected chi connectivity index (χ3v) is 5.10. The lowest BCUT2D eigenvalue weighted by Crippen LogP contribution is -2.65. The number of hydrogen-bond donors (Lipinski definition) is 3. The van der Waals surface area contributed by atoms with Crippen molar-refractivity contribution in [3.63, 3.8) is 0 Å². The number of hydrogen-bond acceptors (Lipinski definition) is 6. The number of carboxylic acid groups (broad SMARTS) is 1. The number of aromatic nitrogens is 2. The fourth-order valence-electron chi connectivity index (χ4n) is 1.88. The maximum Gasteiger partial charge on any atom is 0.340 e. The van der Waals surface area contributed by atoms with Crippen molar-refractivity contribution in [2.45, 2.75) is 24.4 Å². The summed E-state index contributed by atoms with van der Waals surface area (Å²) in [5, 5.41) is 15.8. The molecule has 2 amide bonds. The van der Waals surface area contributed by atoms with Crippen LogP contribution in [0.1, 0.15) is 24.2 Å². The number of nitrogens with zero attached hydrogens (tertiary/aromatic N) is 2. The fraction of sp³-hybridized carbons (Fsp3) is 0.400. The molecule has 11 heteroatoms. The second kappa shape index (κ2) is 4.63. The minimum Gasteiger partial charge on any atom is -0.478 e. The lowest BCUT2D eigenvalue weighted by Gasteiger charge is -2.38. The summed E-state index contributed by atoms with van der Waals surface area (Å²) in [6.45, 7) is 2.02. The van der Waals surface area contributed by atoms with Gasteiger partial charge in [-0.2, -0.15) is 9.40 Å². The topological polar surface area (TPSA) is 150 Å². The van der Waals surface area contributed by atoms with Crippen molar-refractivity contribution in [1.82, 2.24) is 19.8 Å². The van der Waals surface area contributed by atoms with E-state index in [1.54, 1.807) is 0 Å². The lowest BCUT2D eigenvalue weighted by atomic mass is 10.0. The number of H-pyrrole nitrogens is 1. The molecule has 0 unspecified atom stereocenters. The van der Waals surface area contributed by atoms with Gasteiger partial charge in [0.1, 0.15) is 11.1 Å². The van der Waals surface area contributed by atoms with Crippen molar-refractivity contribution in [2.75, 3.05) is 6.54 Å². The van der Waals surface area contributed by atoms with E-state index >= 15 is 0 Å². The molecule has 0 bridgehead atoms. The third kappa shape index (κ3) is 2.29. The molecule has 1 aromatic heterocycles. The number of amides is 2. The maximum absolute atomic E-state index is 12.5. The summed E-state index contributed by atoms with van der Waals surface area (Å²) in [4.78, 5) is 34.2. The number of nitrogens with one attached hydrogen (secondary N) is 2. The van der Waals surface area contributed by atoms with Crippen molar-refractivity contribution < 1.29 is 27.9 Å². The van der Waals surface area contributed by atoms with Crippen molar-refractivity contribution in [2.24, 2.45) is 0 Å². The number of aromatic carboxylic acids is 1. The molecule has 0 aliphatic carbocycles. The van der Waals surface area contributed by atoms with Crippen LogP contribution in [0.15, 0.2) is 11.2 Å². The molecule has 1 aliphatic heterocycles. The van der Waals surface area contributed by atoms with E-state index in [0.29, 0.717) is 4.31 Å². The molecule has 3 N–H and O–H groups in total. The number of piperazine rings is 1. The first-order chi connectivity index (χ1) is 9.58. The Bertz CT molecular complexity index is 734. The van der Waals surface area contributed by atoms with Crippen molar-refractivity contribution >= 4 is 27.8 Å². The second-order valence-corrected chi connectivity index (χ2v) is 6.67. The van der Waals surface area contributed by atoms with E-state index in [1.807, 2.05) is 5.32 Å².